The average molecular weight is 493 g/mol. The second-order valence-electron chi connectivity index (χ2n) is 7.94. The summed E-state index contributed by atoms with van der Waals surface area (Å²) in [7, 11) is -4.30. The Morgan fingerprint density at radius 1 is 1.18 bits per heavy atom. The number of thioether (sulfide) groups is 1. The van der Waals surface area contributed by atoms with E-state index in [2.05, 4.69) is 22.3 Å². The molecule has 0 aromatic heterocycles. The smallest absolute Gasteiger partial charge is 0.294 e. The number of nitrogens with one attached hydrogen (secondary N) is 1. The highest BCUT2D eigenvalue weighted by atomic mass is 32.2. The van der Waals surface area contributed by atoms with Gasteiger partial charge < -0.3 is 10.1 Å². The molecule has 2 aromatic rings. The standard InChI is InChI=1S/C23H28N2O6S2/c1-17(26)32-16-19(23(27)24-20-7-9-22(10-8-20)33(28,29)30)13-21-15-25(11-12-31-21)14-18-5-3-2-4-6-18/h2-10,19,21H,11-16H2,1H3,(H,24,27)(H,28,29,30). The van der Waals surface area contributed by atoms with E-state index >= 15 is 0 Å². The topological polar surface area (TPSA) is 113 Å². The Kier molecular flexibility index (Phi) is 9.04. The summed E-state index contributed by atoms with van der Waals surface area (Å²) in [5.74, 6) is -0.419. The van der Waals surface area contributed by atoms with E-state index in [1.54, 1.807) is 0 Å². The number of hydrogen-bond acceptors (Lipinski definition) is 7. The second-order valence-corrected chi connectivity index (χ2v) is 10.6. The lowest BCUT2D eigenvalue weighted by atomic mass is 10.0. The zero-order chi connectivity index (χ0) is 23.8. The SMILES string of the molecule is CC(=O)SCC(CC1CN(Cc2ccccc2)CCO1)C(=O)Nc1ccc(S(=O)(=O)O)cc1. The van der Waals surface area contributed by atoms with Gasteiger partial charge in [-0.1, -0.05) is 42.1 Å². The van der Waals surface area contributed by atoms with Crippen LogP contribution in [0.1, 0.15) is 18.9 Å². The highest BCUT2D eigenvalue weighted by molar-refractivity contribution is 8.13. The van der Waals surface area contributed by atoms with Crippen LogP contribution in [0.4, 0.5) is 5.69 Å². The first kappa shape index (κ1) is 25.4. The van der Waals surface area contributed by atoms with E-state index in [0.717, 1.165) is 24.9 Å². The van der Waals surface area contributed by atoms with E-state index in [1.165, 1.54) is 36.8 Å². The van der Waals surface area contributed by atoms with E-state index in [0.29, 0.717) is 31.0 Å². The predicted molar refractivity (Wildman–Crippen MR) is 128 cm³/mol. The molecule has 2 N–H and O–H groups in total. The monoisotopic (exact) mass is 492 g/mol. The second kappa shape index (κ2) is 11.8. The molecule has 33 heavy (non-hydrogen) atoms. The molecule has 2 aromatic carbocycles. The third-order valence-electron chi connectivity index (χ3n) is 5.30. The molecular weight excluding hydrogens is 464 g/mol. The van der Waals surface area contributed by atoms with Crippen molar-refractivity contribution in [2.24, 2.45) is 5.92 Å². The molecule has 178 valence electrons. The van der Waals surface area contributed by atoms with E-state index in [1.807, 2.05) is 18.2 Å². The van der Waals surface area contributed by atoms with Crippen molar-refractivity contribution in [3.05, 3.63) is 60.2 Å². The van der Waals surface area contributed by atoms with Crippen molar-refractivity contribution < 1.29 is 27.3 Å². The van der Waals surface area contributed by atoms with Crippen molar-refractivity contribution in [1.82, 2.24) is 4.90 Å². The molecule has 1 aliphatic heterocycles. The number of nitrogens with zero attached hydrogens (tertiary/aromatic N) is 1. The van der Waals surface area contributed by atoms with Gasteiger partial charge in [0.15, 0.2) is 5.12 Å². The van der Waals surface area contributed by atoms with Crippen LogP contribution in [-0.2, 0) is 31.0 Å². The van der Waals surface area contributed by atoms with Gasteiger partial charge in [-0.05, 0) is 36.2 Å². The molecule has 0 radical (unpaired) electrons. The van der Waals surface area contributed by atoms with E-state index in [9.17, 15) is 18.0 Å². The first-order valence-electron chi connectivity index (χ1n) is 10.6. The average Bonchev–Trinajstić information content (AvgIpc) is 2.77. The van der Waals surface area contributed by atoms with Gasteiger partial charge in [-0.2, -0.15) is 8.42 Å². The van der Waals surface area contributed by atoms with Crippen molar-refractivity contribution in [3.8, 4) is 0 Å². The Hall–Kier alpha value is -2.24. The Labute approximate surface area is 198 Å². The fraction of sp³-hybridized carbons (Fsp3) is 0.391. The number of ether oxygens (including phenoxy) is 1. The van der Waals surface area contributed by atoms with Gasteiger partial charge in [-0.3, -0.25) is 19.0 Å². The Bertz CT molecular complexity index is 1040. The molecular formula is C23H28N2O6S2. The van der Waals surface area contributed by atoms with Crippen LogP contribution in [0.5, 0.6) is 0 Å². The van der Waals surface area contributed by atoms with Crippen molar-refractivity contribution in [3.63, 3.8) is 0 Å². The summed E-state index contributed by atoms with van der Waals surface area (Å²) in [5, 5.41) is 2.71. The first-order valence-corrected chi connectivity index (χ1v) is 13.0. The van der Waals surface area contributed by atoms with Crippen molar-refractivity contribution in [2.75, 3.05) is 30.8 Å². The third kappa shape index (κ3) is 8.24. The summed E-state index contributed by atoms with van der Waals surface area (Å²) in [6.45, 7) is 4.34. The number of amides is 1. The van der Waals surface area contributed by atoms with Crippen LogP contribution < -0.4 is 5.32 Å². The van der Waals surface area contributed by atoms with Gasteiger partial charge in [0, 0.05) is 38.0 Å². The van der Waals surface area contributed by atoms with Crippen LogP contribution in [0.25, 0.3) is 0 Å². The van der Waals surface area contributed by atoms with Crippen molar-refractivity contribution >= 4 is 38.6 Å². The van der Waals surface area contributed by atoms with Crippen molar-refractivity contribution in [1.29, 1.82) is 0 Å². The molecule has 1 amide bonds. The van der Waals surface area contributed by atoms with E-state index in [4.69, 9.17) is 9.29 Å². The molecule has 0 saturated carbocycles. The van der Waals surface area contributed by atoms with Gasteiger partial charge in [0.05, 0.1) is 23.5 Å². The maximum Gasteiger partial charge on any atom is 0.294 e. The molecule has 0 bridgehead atoms. The summed E-state index contributed by atoms with van der Waals surface area (Å²) in [6.07, 6.45) is 0.313. The minimum absolute atomic E-state index is 0.0689. The summed E-state index contributed by atoms with van der Waals surface area (Å²) < 4.78 is 37.4. The Morgan fingerprint density at radius 2 is 1.88 bits per heavy atom. The lowest BCUT2D eigenvalue weighted by Gasteiger charge is -2.34. The summed E-state index contributed by atoms with van der Waals surface area (Å²) >= 11 is 1.09. The number of carbonyl (C=O) groups is 2. The number of rotatable bonds is 9. The molecule has 2 atom stereocenters. The molecule has 8 nitrogen and oxygen atoms in total. The normalized spacial score (nSPS) is 17.9. The largest absolute Gasteiger partial charge is 0.376 e. The molecule has 0 spiro atoms. The van der Waals surface area contributed by atoms with Gasteiger partial charge in [-0.25, -0.2) is 0 Å². The van der Waals surface area contributed by atoms with Crippen LogP contribution >= 0.6 is 11.8 Å². The minimum Gasteiger partial charge on any atom is -0.376 e. The molecule has 3 rings (SSSR count). The van der Waals surface area contributed by atoms with Crippen LogP contribution in [0.15, 0.2) is 59.5 Å². The molecule has 2 unspecified atom stereocenters. The van der Waals surface area contributed by atoms with E-state index < -0.39 is 16.0 Å². The fourth-order valence-electron chi connectivity index (χ4n) is 3.65. The van der Waals surface area contributed by atoms with Crippen LogP contribution in [0, 0.1) is 5.92 Å². The fourth-order valence-corrected chi connectivity index (χ4v) is 4.85. The van der Waals surface area contributed by atoms with Gasteiger partial charge >= 0.3 is 0 Å². The van der Waals surface area contributed by atoms with Crippen LogP contribution in [0.2, 0.25) is 0 Å². The molecule has 1 heterocycles. The molecule has 1 saturated heterocycles. The molecule has 1 aliphatic rings. The molecule has 0 aliphatic carbocycles. The highest BCUT2D eigenvalue weighted by Gasteiger charge is 2.28. The third-order valence-corrected chi connectivity index (χ3v) is 7.14. The Morgan fingerprint density at radius 3 is 2.52 bits per heavy atom. The maximum absolute atomic E-state index is 13.0. The summed E-state index contributed by atoms with van der Waals surface area (Å²) in [5.41, 5.74) is 1.62. The number of carbonyl (C=O) groups excluding carboxylic acids is 2. The van der Waals surface area contributed by atoms with E-state index in [-0.39, 0.29) is 22.0 Å². The number of morpholine rings is 1. The summed E-state index contributed by atoms with van der Waals surface area (Å²) in [6, 6.07) is 15.4. The zero-order valence-electron chi connectivity index (χ0n) is 18.3. The molecule has 1 fully saturated rings. The first-order chi connectivity index (χ1) is 15.7. The van der Waals surface area contributed by atoms with Gasteiger partial charge in [0.25, 0.3) is 10.1 Å². The van der Waals surface area contributed by atoms with Gasteiger partial charge in [0.2, 0.25) is 5.91 Å². The van der Waals surface area contributed by atoms with Gasteiger partial charge in [-0.15, -0.1) is 0 Å². The minimum atomic E-state index is -4.30. The highest BCUT2D eigenvalue weighted by Crippen LogP contribution is 2.22. The Balaban J connectivity index is 1.63. The number of benzene rings is 2. The molecule has 10 heteroatoms. The van der Waals surface area contributed by atoms with Crippen LogP contribution in [-0.4, -0.2) is 60.4 Å². The predicted octanol–water partition coefficient (Wildman–Crippen LogP) is 3.06. The quantitative estimate of drug-likeness (QED) is 0.514. The number of hydrogen-bond donors (Lipinski definition) is 2. The van der Waals surface area contributed by atoms with Crippen LogP contribution in [0.3, 0.4) is 0 Å². The number of anilines is 1. The zero-order valence-corrected chi connectivity index (χ0v) is 20.0. The van der Waals surface area contributed by atoms with Gasteiger partial charge in [0.1, 0.15) is 0 Å². The van der Waals surface area contributed by atoms with Crippen molar-refractivity contribution in [2.45, 2.75) is 30.9 Å². The summed E-state index contributed by atoms with van der Waals surface area (Å²) in [4.78, 5) is 26.5. The maximum atomic E-state index is 13.0. The lowest BCUT2D eigenvalue weighted by molar-refractivity contribution is -0.121. The lowest BCUT2D eigenvalue weighted by Crippen LogP contribution is -2.44.